The van der Waals surface area contributed by atoms with E-state index in [4.69, 9.17) is 13.6 Å². The van der Waals surface area contributed by atoms with Crippen LogP contribution in [-0.2, 0) is 4.74 Å². The standard InChI is InChI=1S/C18H18N4O3S/c19-11-13-17(25-18(21-13)16-4-2-10-26-16)20-12-14(15-3-1-7-24-15)22-5-8-23-9-6-22/h1-4,7,10,14,20H,5-6,8-9,12H2/t14-/m1/s1. The number of nitrogens with one attached hydrogen (secondary N) is 1. The summed E-state index contributed by atoms with van der Waals surface area (Å²) in [6.07, 6.45) is 1.67. The van der Waals surface area contributed by atoms with Crippen LogP contribution in [0.25, 0.3) is 10.8 Å². The molecule has 0 saturated carbocycles. The molecule has 0 spiro atoms. The predicted octanol–water partition coefficient (Wildman–Crippen LogP) is 3.35. The van der Waals surface area contributed by atoms with Gasteiger partial charge in [0.1, 0.15) is 11.8 Å². The monoisotopic (exact) mass is 370 g/mol. The maximum Gasteiger partial charge on any atom is 0.240 e. The first-order chi connectivity index (χ1) is 12.8. The highest BCUT2D eigenvalue weighted by atomic mass is 32.1. The van der Waals surface area contributed by atoms with Crippen molar-refractivity contribution < 1.29 is 13.6 Å². The van der Waals surface area contributed by atoms with Crippen LogP contribution >= 0.6 is 11.3 Å². The molecule has 4 rings (SSSR count). The first-order valence-electron chi connectivity index (χ1n) is 8.39. The van der Waals surface area contributed by atoms with Crippen LogP contribution in [0.3, 0.4) is 0 Å². The fourth-order valence-electron chi connectivity index (χ4n) is 2.99. The van der Waals surface area contributed by atoms with Gasteiger partial charge in [0.15, 0.2) is 0 Å². The van der Waals surface area contributed by atoms with Crippen molar-refractivity contribution in [1.29, 1.82) is 5.26 Å². The van der Waals surface area contributed by atoms with Gasteiger partial charge in [-0.2, -0.15) is 10.2 Å². The van der Waals surface area contributed by atoms with E-state index in [0.717, 1.165) is 23.7 Å². The molecule has 4 heterocycles. The Morgan fingerprint density at radius 1 is 1.31 bits per heavy atom. The van der Waals surface area contributed by atoms with Crippen LogP contribution in [0.5, 0.6) is 0 Å². The maximum atomic E-state index is 9.37. The predicted molar refractivity (Wildman–Crippen MR) is 96.9 cm³/mol. The number of oxazole rings is 1. The number of nitriles is 1. The van der Waals surface area contributed by atoms with Crippen molar-refractivity contribution in [3.63, 3.8) is 0 Å². The normalized spacial score (nSPS) is 16.3. The number of nitrogens with zero attached hydrogens (tertiary/aromatic N) is 3. The smallest absolute Gasteiger partial charge is 0.240 e. The van der Waals surface area contributed by atoms with Crippen LogP contribution in [-0.4, -0.2) is 42.7 Å². The molecule has 134 valence electrons. The Hall–Kier alpha value is -2.60. The average molecular weight is 370 g/mol. The fraction of sp³-hybridized carbons (Fsp3) is 0.333. The summed E-state index contributed by atoms with van der Waals surface area (Å²) in [4.78, 5) is 7.48. The minimum absolute atomic E-state index is 0.0238. The number of aromatic nitrogens is 1. The van der Waals surface area contributed by atoms with Crippen molar-refractivity contribution in [1.82, 2.24) is 9.88 Å². The minimum Gasteiger partial charge on any atom is -0.468 e. The van der Waals surface area contributed by atoms with E-state index < -0.39 is 0 Å². The van der Waals surface area contributed by atoms with Gasteiger partial charge in [-0.3, -0.25) is 4.90 Å². The highest BCUT2D eigenvalue weighted by Gasteiger charge is 2.26. The Morgan fingerprint density at radius 3 is 2.88 bits per heavy atom. The van der Waals surface area contributed by atoms with Crippen molar-refractivity contribution in [2.45, 2.75) is 6.04 Å². The van der Waals surface area contributed by atoms with Crippen molar-refractivity contribution in [2.75, 3.05) is 38.2 Å². The molecule has 1 aliphatic rings. The lowest BCUT2D eigenvalue weighted by molar-refractivity contribution is 0.0144. The third kappa shape index (κ3) is 3.51. The van der Waals surface area contributed by atoms with Crippen LogP contribution in [0.2, 0.25) is 0 Å². The molecular weight excluding hydrogens is 352 g/mol. The SMILES string of the molecule is N#Cc1nc(-c2cccs2)oc1NC[C@H](c1ccco1)N1CCOCC1. The molecule has 8 heteroatoms. The third-order valence-corrected chi connectivity index (χ3v) is 5.14. The summed E-state index contributed by atoms with van der Waals surface area (Å²) < 4.78 is 16.9. The third-order valence-electron chi connectivity index (χ3n) is 4.28. The van der Waals surface area contributed by atoms with Gasteiger partial charge in [0.05, 0.1) is 30.4 Å². The van der Waals surface area contributed by atoms with Gasteiger partial charge in [-0.25, -0.2) is 0 Å². The highest BCUT2D eigenvalue weighted by molar-refractivity contribution is 7.13. The zero-order valence-electron chi connectivity index (χ0n) is 14.1. The average Bonchev–Trinajstić information content (AvgIpc) is 3.44. The largest absolute Gasteiger partial charge is 0.468 e. The van der Waals surface area contributed by atoms with Crippen LogP contribution in [0.1, 0.15) is 17.5 Å². The van der Waals surface area contributed by atoms with E-state index >= 15 is 0 Å². The summed E-state index contributed by atoms with van der Waals surface area (Å²) in [5.41, 5.74) is 0.258. The minimum atomic E-state index is 0.0238. The number of furan rings is 1. The van der Waals surface area contributed by atoms with Crippen LogP contribution in [0.15, 0.2) is 44.7 Å². The highest BCUT2D eigenvalue weighted by Crippen LogP contribution is 2.30. The van der Waals surface area contributed by atoms with Gasteiger partial charge in [-0.1, -0.05) is 6.07 Å². The molecule has 0 radical (unpaired) electrons. The first-order valence-corrected chi connectivity index (χ1v) is 9.27. The molecule has 0 aromatic carbocycles. The molecule has 0 bridgehead atoms. The van der Waals surface area contributed by atoms with E-state index in [0.29, 0.717) is 31.5 Å². The summed E-state index contributed by atoms with van der Waals surface area (Å²) in [5, 5.41) is 14.6. The zero-order chi connectivity index (χ0) is 17.8. The second-order valence-electron chi connectivity index (χ2n) is 5.85. The summed E-state index contributed by atoms with van der Waals surface area (Å²) >= 11 is 1.52. The van der Waals surface area contributed by atoms with E-state index in [1.165, 1.54) is 11.3 Å². The van der Waals surface area contributed by atoms with Crippen molar-refractivity contribution >= 4 is 17.2 Å². The van der Waals surface area contributed by atoms with Gasteiger partial charge in [-0.05, 0) is 23.6 Å². The van der Waals surface area contributed by atoms with Gasteiger partial charge < -0.3 is 18.9 Å². The lowest BCUT2D eigenvalue weighted by atomic mass is 10.1. The molecule has 26 heavy (non-hydrogen) atoms. The molecule has 1 aliphatic heterocycles. The Morgan fingerprint density at radius 2 is 2.19 bits per heavy atom. The number of rotatable bonds is 6. The van der Waals surface area contributed by atoms with Gasteiger partial charge in [0, 0.05) is 19.6 Å². The second-order valence-corrected chi connectivity index (χ2v) is 6.79. The Bertz CT molecular complexity index is 861. The molecule has 7 nitrogen and oxygen atoms in total. The fourth-order valence-corrected chi connectivity index (χ4v) is 3.64. The Balaban J connectivity index is 1.53. The van der Waals surface area contributed by atoms with Gasteiger partial charge in [0.25, 0.3) is 0 Å². The summed E-state index contributed by atoms with van der Waals surface area (Å²) in [5.74, 6) is 1.72. The Labute approximate surface area is 154 Å². The molecule has 1 N–H and O–H groups in total. The molecule has 0 unspecified atom stereocenters. The number of anilines is 1. The number of ether oxygens (including phenoxy) is 1. The molecule has 3 aromatic rings. The number of thiophene rings is 1. The van der Waals surface area contributed by atoms with Crippen molar-refractivity contribution in [3.8, 4) is 16.8 Å². The second kappa shape index (κ2) is 7.74. The quantitative estimate of drug-likeness (QED) is 0.712. The molecule has 0 amide bonds. The van der Waals surface area contributed by atoms with Crippen LogP contribution in [0.4, 0.5) is 5.88 Å². The van der Waals surface area contributed by atoms with E-state index in [1.807, 2.05) is 29.6 Å². The number of hydrogen-bond acceptors (Lipinski definition) is 8. The van der Waals surface area contributed by atoms with Crippen LogP contribution < -0.4 is 5.32 Å². The lowest BCUT2D eigenvalue weighted by Crippen LogP contribution is -2.41. The molecule has 1 saturated heterocycles. The zero-order valence-corrected chi connectivity index (χ0v) is 14.9. The molecule has 0 aliphatic carbocycles. The Kier molecular flexibility index (Phi) is 5.02. The van der Waals surface area contributed by atoms with E-state index in [9.17, 15) is 5.26 Å². The van der Waals surface area contributed by atoms with E-state index in [2.05, 4.69) is 21.3 Å². The van der Waals surface area contributed by atoms with Gasteiger partial charge >= 0.3 is 0 Å². The number of hydrogen-bond donors (Lipinski definition) is 1. The van der Waals surface area contributed by atoms with Crippen molar-refractivity contribution in [2.24, 2.45) is 0 Å². The summed E-state index contributed by atoms with van der Waals surface area (Å²) in [6, 6.07) is 9.81. The maximum absolute atomic E-state index is 9.37. The topological polar surface area (TPSA) is 87.5 Å². The molecular formula is C18H18N4O3S. The number of morpholine rings is 1. The van der Waals surface area contributed by atoms with Crippen LogP contribution in [0, 0.1) is 11.3 Å². The molecule has 1 atom stereocenters. The lowest BCUT2D eigenvalue weighted by Gasteiger charge is -2.33. The van der Waals surface area contributed by atoms with E-state index in [-0.39, 0.29) is 11.7 Å². The molecule has 1 fully saturated rings. The summed E-state index contributed by atoms with van der Waals surface area (Å²) in [7, 11) is 0. The summed E-state index contributed by atoms with van der Waals surface area (Å²) in [6.45, 7) is 3.60. The molecule has 3 aromatic heterocycles. The van der Waals surface area contributed by atoms with Gasteiger partial charge in [0.2, 0.25) is 17.5 Å². The van der Waals surface area contributed by atoms with E-state index in [1.54, 1.807) is 6.26 Å². The van der Waals surface area contributed by atoms with Crippen molar-refractivity contribution in [3.05, 3.63) is 47.4 Å². The first kappa shape index (κ1) is 16.8. The van der Waals surface area contributed by atoms with Gasteiger partial charge in [-0.15, -0.1) is 11.3 Å².